The van der Waals surface area contributed by atoms with E-state index in [-0.39, 0.29) is 31.2 Å². The Balaban J connectivity index is 1.22. The van der Waals surface area contributed by atoms with Crippen molar-refractivity contribution < 1.29 is 41.3 Å². The minimum atomic E-state index is -4.47. The molecule has 1 aliphatic rings. The SMILES string of the molecule is CCOC(=O)[C@@H](Cc1ccccc1OCc1ccnn1CC(F)(F)F)Oc1ncnc2sc(-c3ccc(F)nc3)c(-c3ccc(OCCN4CCN(C)CC4)c(Cl)c3C)c12. The van der Waals surface area contributed by atoms with Crippen molar-refractivity contribution in [2.45, 2.75) is 45.7 Å². The molecule has 0 saturated carbocycles. The van der Waals surface area contributed by atoms with Gasteiger partial charge in [0, 0.05) is 67.5 Å². The molecule has 1 saturated heterocycles. The number of carbonyl (C=O) groups is 1. The summed E-state index contributed by atoms with van der Waals surface area (Å²) in [6, 6.07) is 14.9. The molecular formula is C42H42ClF4N7O5S. The summed E-state index contributed by atoms with van der Waals surface area (Å²) in [6.45, 7) is 7.25. The Morgan fingerprint density at radius 3 is 2.53 bits per heavy atom. The molecule has 18 heteroatoms. The summed E-state index contributed by atoms with van der Waals surface area (Å²) in [6.07, 6.45) is -1.76. The highest BCUT2D eigenvalue weighted by Gasteiger charge is 2.31. The van der Waals surface area contributed by atoms with Crippen LogP contribution in [0.4, 0.5) is 17.6 Å². The fraction of sp³-hybridized carbons (Fsp3) is 0.357. The lowest BCUT2D eigenvalue weighted by Crippen LogP contribution is -2.45. The summed E-state index contributed by atoms with van der Waals surface area (Å²) in [5.41, 5.74) is 3.37. The van der Waals surface area contributed by atoms with Crippen molar-refractivity contribution in [2.75, 3.05) is 53.0 Å². The number of thiophene rings is 1. The van der Waals surface area contributed by atoms with Gasteiger partial charge in [0.15, 0.2) is 0 Å². The van der Waals surface area contributed by atoms with Crippen molar-refractivity contribution in [3.63, 3.8) is 0 Å². The first-order valence-electron chi connectivity index (χ1n) is 19.2. The topological polar surface area (TPSA) is 117 Å². The number of halogens is 5. The maximum atomic E-state index is 14.1. The first-order valence-corrected chi connectivity index (χ1v) is 20.4. The Bertz CT molecular complexity index is 2420. The number of rotatable bonds is 16. The Hall–Kier alpha value is -5.36. The normalized spacial score (nSPS) is 14.3. The molecule has 60 heavy (non-hydrogen) atoms. The van der Waals surface area contributed by atoms with E-state index in [2.05, 4.69) is 36.9 Å². The van der Waals surface area contributed by atoms with Crippen LogP contribution in [0.5, 0.6) is 17.4 Å². The predicted octanol–water partition coefficient (Wildman–Crippen LogP) is 8.04. The summed E-state index contributed by atoms with van der Waals surface area (Å²) in [5.74, 6) is -0.405. The van der Waals surface area contributed by atoms with Crippen LogP contribution >= 0.6 is 22.9 Å². The first-order chi connectivity index (χ1) is 28.9. The molecular weight excluding hydrogens is 826 g/mol. The second-order valence-electron chi connectivity index (χ2n) is 14.1. The lowest BCUT2D eigenvalue weighted by Gasteiger charge is -2.32. The average Bonchev–Trinajstić information content (AvgIpc) is 3.83. The zero-order valence-corrected chi connectivity index (χ0v) is 34.6. The summed E-state index contributed by atoms with van der Waals surface area (Å²) in [5, 5.41) is 4.67. The van der Waals surface area contributed by atoms with E-state index in [1.165, 1.54) is 42.2 Å². The molecule has 4 aromatic heterocycles. The third kappa shape index (κ3) is 10.1. The lowest BCUT2D eigenvalue weighted by molar-refractivity contribution is -0.151. The number of benzene rings is 2. The zero-order valence-electron chi connectivity index (χ0n) is 33.0. The van der Waals surface area contributed by atoms with E-state index >= 15 is 0 Å². The van der Waals surface area contributed by atoms with Crippen molar-refractivity contribution in [3.05, 3.63) is 101 Å². The number of ether oxygens (including phenoxy) is 4. The van der Waals surface area contributed by atoms with E-state index in [4.69, 9.17) is 30.5 Å². The van der Waals surface area contributed by atoms with E-state index < -0.39 is 30.7 Å². The van der Waals surface area contributed by atoms with Gasteiger partial charge in [-0.25, -0.2) is 19.7 Å². The second-order valence-corrected chi connectivity index (χ2v) is 15.5. The Labute approximate surface area is 352 Å². The number of nitrogens with zero attached hydrogens (tertiary/aromatic N) is 7. The van der Waals surface area contributed by atoms with Crippen LogP contribution in [0.1, 0.15) is 23.7 Å². The Morgan fingerprint density at radius 2 is 1.78 bits per heavy atom. The second kappa shape index (κ2) is 18.9. The van der Waals surface area contributed by atoms with Gasteiger partial charge in [0.05, 0.1) is 22.7 Å². The van der Waals surface area contributed by atoms with Crippen LogP contribution in [0.25, 0.3) is 31.8 Å². The van der Waals surface area contributed by atoms with Gasteiger partial charge in [0.1, 0.15) is 42.4 Å². The molecule has 5 heterocycles. The van der Waals surface area contributed by atoms with Gasteiger partial charge in [-0.1, -0.05) is 35.9 Å². The number of pyridine rings is 1. The summed E-state index contributed by atoms with van der Waals surface area (Å²) >= 11 is 8.34. The number of alkyl halides is 3. The van der Waals surface area contributed by atoms with Gasteiger partial charge in [0.2, 0.25) is 17.9 Å². The summed E-state index contributed by atoms with van der Waals surface area (Å²) < 4.78 is 78.6. The molecule has 1 aliphatic heterocycles. The molecule has 0 amide bonds. The highest BCUT2D eigenvalue weighted by atomic mass is 35.5. The van der Waals surface area contributed by atoms with Crippen molar-refractivity contribution in [3.8, 4) is 38.9 Å². The standard InChI is InChI=1S/C42H42ClF4N7O5S/c1-4-56-41(55)33(21-27-7-5-6-8-31(27)58-23-29-13-14-51-54(29)24-42(45,46)47)59-39-36-35(38(60-40(36)50-25-49-39)28-9-12-34(44)48-22-28)30-10-11-32(37(43)26(30)2)57-20-19-53-17-15-52(3)16-18-53/h5-14,22,25,33H,4,15-21,23-24H2,1-3H3/t33-/m1/s1. The number of hydrogen-bond donors (Lipinski definition) is 0. The van der Waals surface area contributed by atoms with Crippen LogP contribution in [0.3, 0.4) is 0 Å². The van der Waals surface area contributed by atoms with Crippen LogP contribution < -0.4 is 14.2 Å². The summed E-state index contributed by atoms with van der Waals surface area (Å²) in [4.78, 5) is 32.5. The zero-order chi connectivity index (χ0) is 42.4. The van der Waals surface area contributed by atoms with Crippen LogP contribution in [-0.2, 0) is 29.1 Å². The molecule has 12 nitrogen and oxygen atoms in total. The van der Waals surface area contributed by atoms with Crippen LogP contribution in [0, 0.1) is 12.9 Å². The predicted molar refractivity (Wildman–Crippen MR) is 219 cm³/mol. The number of para-hydroxylation sites is 1. The molecule has 316 valence electrons. The number of esters is 1. The van der Waals surface area contributed by atoms with E-state index in [9.17, 15) is 22.4 Å². The molecule has 0 unspecified atom stereocenters. The molecule has 0 spiro atoms. The van der Waals surface area contributed by atoms with E-state index in [1.807, 2.05) is 19.1 Å². The average molecular weight is 868 g/mol. The fourth-order valence-corrected chi connectivity index (χ4v) is 8.22. The molecule has 0 aliphatic carbocycles. The number of carbonyl (C=O) groups excluding carboxylic acids is 1. The largest absolute Gasteiger partial charge is 0.491 e. The maximum absolute atomic E-state index is 14.1. The number of aromatic nitrogens is 5. The molecule has 1 atom stereocenters. The van der Waals surface area contributed by atoms with Crippen molar-refractivity contribution >= 4 is 39.1 Å². The van der Waals surface area contributed by atoms with Gasteiger partial charge in [-0.2, -0.15) is 22.7 Å². The Morgan fingerprint density at radius 1 is 0.983 bits per heavy atom. The monoisotopic (exact) mass is 867 g/mol. The quantitative estimate of drug-likeness (QED) is 0.0535. The van der Waals surface area contributed by atoms with Gasteiger partial charge in [-0.3, -0.25) is 9.58 Å². The molecule has 1 fully saturated rings. The van der Waals surface area contributed by atoms with Gasteiger partial charge < -0.3 is 23.8 Å². The summed E-state index contributed by atoms with van der Waals surface area (Å²) in [7, 11) is 2.11. The highest BCUT2D eigenvalue weighted by Crippen LogP contribution is 2.49. The first kappa shape index (κ1) is 42.8. The lowest BCUT2D eigenvalue weighted by atomic mass is 9.96. The molecule has 7 rings (SSSR count). The third-order valence-corrected chi connectivity index (χ3v) is 11.6. The van der Waals surface area contributed by atoms with Gasteiger partial charge in [-0.05, 0) is 67.9 Å². The van der Waals surface area contributed by atoms with E-state index in [1.54, 1.807) is 37.3 Å². The van der Waals surface area contributed by atoms with Gasteiger partial charge >= 0.3 is 12.1 Å². The minimum absolute atomic E-state index is 0.0540. The molecule has 0 N–H and O–H groups in total. The number of fused-ring (bicyclic) bond motifs is 1. The van der Waals surface area contributed by atoms with Crippen molar-refractivity contribution in [1.82, 2.24) is 34.5 Å². The minimum Gasteiger partial charge on any atom is -0.491 e. The fourth-order valence-electron chi connectivity index (χ4n) is 6.87. The maximum Gasteiger partial charge on any atom is 0.408 e. The van der Waals surface area contributed by atoms with Gasteiger partial charge in [0.25, 0.3) is 0 Å². The molecule has 6 aromatic rings. The van der Waals surface area contributed by atoms with Crippen molar-refractivity contribution in [1.29, 1.82) is 0 Å². The molecule has 0 radical (unpaired) electrons. The highest BCUT2D eigenvalue weighted by molar-refractivity contribution is 7.22. The number of hydrogen-bond acceptors (Lipinski definition) is 12. The van der Waals surface area contributed by atoms with Crippen LogP contribution in [-0.4, -0.2) is 106 Å². The van der Waals surface area contributed by atoms with E-state index in [0.717, 1.165) is 37.4 Å². The number of piperazine rings is 1. The van der Waals surface area contributed by atoms with Crippen LogP contribution in [0.2, 0.25) is 5.02 Å². The molecule has 2 aromatic carbocycles. The van der Waals surface area contributed by atoms with E-state index in [0.29, 0.717) is 66.0 Å². The van der Waals surface area contributed by atoms with Crippen LogP contribution in [0.15, 0.2) is 73.3 Å². The smallest absolute Gasteiger partial charge is 0.408 e. The third-order valence-electron chi connectivity index (χ3n) is 10.0. The van der Waals surface area contributed by atoms with Gasteiger partial charge in [-0.15, -0.1) is 11.3 Å². The van der Waals surface area contributed by atoms with Crippen molar-refractivity contribution in [2.24, 2.45) is 0 Å². The number of likely N-dealkylation sites (N-methyl/N-ethyl adjacent to an activating group) is 1. The molecule has 0 bridgehead atoms. The Kier molecular flexibility index (Phi) is 13.5.